The summed E-state index contributed by atoms with van der Waals surface area (Å²) in [6.45, 7) is 0. The van der Waals surface area contributed by atoms with Crippen LogP contribution in [-0.4, -0.2) is 130 Å². The lowest BCUT2D eigenvalue weighted by molar-refractivity contribution is 0.477. The Bertz CT molecular complexity index is 5430. The highest BCUT2D eigenvalue weighted by atomic mass is 35.5. The maximum atomic E-state index is 12.5. The topological polar surface area (TPSA) is 626 Å². The van der Waals surface area contributed by atoms with Gasteiger partial charge in [-0.1, -0.05) is 12.1 Å². The quantitative estimate of drug-likeness (QED) is 0.0214. The largest absolute Gasteiger partial charge is 0.481 e. The number of aliphatic hydroxyl groups is 2. The number of fused-ring (bicyclic) bond motifs is 2. The third-order valence-electron chi connectivity index (χ3n) is 11.8. The Morgan fingerprint density at radius 1 is 0.402 bits per heavy atom. The molecule has 0 spiro atoms. The van der Waals surface area contributed by atoms with Crippen molar-refractivity contribution in [3.63, 3.8) is 0 Å². The summed E-state index contributed by atoms with van der Waals surface area (Å²) < 4.78 is 206. The maximum Gasteiger partial charge on any atom is 0.296 e. The number of amidine groups is 2. The van der Waals surface area contributed by atoms with Gasteiger partial charge in [0, 0.05) is 10.8 Å². The Labute approximate surface area is 522 Å². The minimum Gasteiger partial charge on any atom is -0.481 e. The van der Waals surface area contributed by atoms with Gasteiger partial charge < -0.3 is 30.8 Å². The van der Waals surface area contributed by atoms with E-state index in [1.54, 1.807) is 12.1 Å². The number of aromatic amines is 4. The van der Waals surface area contributed by atoms with Crippen molar-refractivity contribution < 1.29 is 88.0 Å². The summed E-state index contributed by atoms with van der Waals surface area (Å²) in [5.41, 5.74) is -2.89. The van der Waals surface area contributed by atoms with Crippen molar-refractivity contribution in [3.8, 4) is 0 Å². The smallest absolute Gasteiger partial charge is 0.296 e. The van der Waals surface area contributed by atoms with Crippen molar-refractivity contribution in [3.05, 3.63) is 142 Å². The fourth-order valence-electron chi connectivity index (χ4n) is 8.09. The van der Waals surface area contributed by atoms with Crippen LogP contribution in [0.25, 0.3) is 21.5 Å². The summed E-state index contributed by atoms with van der Waals surface area (Å²) in [6, 6.07) is 15.9. The van der Waals surface area contributed by atoms with E-state index in [9.17, 15) is 88.0 Å². The summed E-state index contributed by atoms with van der Waals surface area (Å²) >= 11 is 12.7. The second kappa shape index (κ2) is 25.0. The van der Waals surface area contributed by atoms with E-state index in [0.717, 1.165) is 12.1 Å². The minimum atomic E-state index is -5.28. The number of azo groups is 2. The van der Waals surface area contributed by atoms with Crippen LogP contribution < -0.4 is 33.1 Å². The van der Waals surface area contributed by atoms with Gasteiger partial charge in [-0.05, 0) is 131 Å². The molecule has 0 aliphatic carbocycles. The number of H-pyrrole nitrogens is 4. The van der Waals surface area contributed by atoms with E-state index < -0.39 is 135 Å². The number of hydrogen-bond donors (Lipinski definition) is 16. The molecular formula is C46H34Cl2N18O20S6. The molecule has 0 bridgehead atoms. The van der Waals surface area contributed by atoms with E-state index in [0.29, 0.717) is 36.4 Å². The summed E-state index contributed by atoms with van der Waals surface area (Å²) in [5, 5.41) is 52.5. The molecule has 0 saturated heterocycles. The maximum absolute atomic E-state index is 12.5. The first-order chi connectivity index (χ1) is 42.7. The van der Waals surface area contributed by atoms with Crippen LogP contribution in [0.5, 0.6) is 0 Å². The number of nitrogens with one attached hydrogen (secondary N) is 8. The lowest BCUT2D eigenvalue weighted by atomic mass is 10.1. The molecule has 2 heterocycles. The first-order valence-corrected chi connectivity index (χ1v) is 33.4. The van der Waals surface area contributed by atoms with Crippen LogP contribution in [0.15, 0.2) is 179 Å². The molecule has 7 aromatic carbocycles. The summed E-state index contributed by atoms with van der Waals surface area (Å²) in [5.74, 6) is 0. The van der Waals surface area contributed by atoms with Crippen LogP contribution in [0.3, 0.4) is 0 Å². The first-order valence-electron chi connectivity index (χ1n) is 24.0. The van der Waals surface area contributed by atoms with Gasteiger partial charge in [-0.15, -0.1) is 20.5 Å². The van der Waals surface area contributed by atoms with Crippen molar-refractivity contribution in [2.24, 2.45) is 40.4 Å². The van der Waals surface area contributed by atoms with Crippen LogP contribution in [-0.2, 0) is 60.7 Å². The molecule has 478 valence electrons. The molecular weight excluding hydrogens is 1390 g/mol. The molecule has 2 aromatic heterocycles. The van der Waals surface area contributed by atoms with E-state index >= 15 is 0 Å². The fourth-order valence-corrected chi connectivity index (χ4v) is 12.4. The number of aromatic nitrogens is 6. The Balaban J connectivity index is 1.04. The highest BCUT2D eigenvalue weighted by Gasteiger charge is 2.27. The molecule has 9 rings (SSSR count). The van der Waals surface area contributed by atoms with Gasteiger partial charge in [0.1, 0.15) is 42.3 Å². The highest BCUT2D eigenvalue weighted by molar-refractivity contribution is 7.87. The number of anilines is 2. The van der Waals surface area contributed by atoms with Crippen molar-refractivity contribution in [1.82, 2.24) is 29.9 Å². The Kier molecular flexibility index (Phi) is 18.1. The summed E-state index contributed by atoms with van der Waals surface area (Å²) in [7, 11) is -31.4. The normalized spacial score (nSPS) is 13.7. The molecule has 9 aromatic rings. The van der Waals surface area contributed by atoms with Gasteiger partial charge in [-0.3, -0.25) is 48.1 Å². The molecule has 0 aliphatic heterocycles. The fraction of sp³-hybridized carbons (Fsp3) is 0. The standard InChI is InChI=1S/C46H34Cl2N18O20S6/c47-39-57-43(51-21-5-7-29(31(13-21)53-41(49)67)63-65-33-17-25-19(11-37(33)91(81,82)83)9-23(87(69,70)71)15-35(25)89(75,76)77)61-45(59-39)55-27-3-1-2-4-28(27)56-46-60-40(48)58-44(62-46)52-22-6-8-30(32(14-22)54-42(50)68)64-66-34-18-26-20(12-38(34)92(84,85)86)10-24(88(72,73)74)16-36(26)90(78,79)80/h1-18H,(H3,49,53,67)(H3,50,54,68)(H,69,70,71)(H,72,73,74)(H,75,76,77)(H,78,79,80)(H,81,82,83)(H,84,85,86)(H2,51,55,57,59,61)(H2,52,56,58,60,62). The van der Waals surface area contributed by atoms with E-state index in [1.165, 1.54) is 48.5 Å². The zero-order chi connectivity index (χ0) is 67.2. The van der Waals surface area contributed by atoms with Gasteiger partial charge in [0.15, 0.2) is 0 Å². The van der Waals surface area contributed by atoms with Crippen LogP contribution in [0.1, 0.15) is 0 Å². The van der Waals surface area contributed by atoms with E-state index in [4.69, 9.17) is 34.0 Å². The second-order valence-electron chi connectivity index (χ2n) is 18.1. The Morgan fingerprint density at radius 3 is 1.08 bits per heavy atom. The Hall–Kier alpha value is -9.94. The number of rotatable bonds is 16. The van der Waals surface area contributed by atoms with Gasteiger partial charge in [0.2, 0.25) is 33.0 Å². The molecule has 0 atom stereocenters. The van der Waals surface area contributed by atoms with Crippen LogP contribution in [0.4, 0.5) is 56.9 Å². The molecule has 46 heteroatoms. The van der Waals surface area contributed by atoms with Crippen molar-refractivity contribution in [2.75, 3.05) is 10.6 Å². The summed E-state index contributed by atoms with van der Waals surface area (Å²) in [4.78, 5) is 30.6. The molecule has 0 radical (unpaired) electrons. The zero-order valence-electron chi connectivity index (χ0n) is 44.5. The lowest BCUT2D eigenvalue weighted by Crippen LogP contribution is -2.27. The molecule has 92 heavy (non-hydrogen) atoms. The molecule has 0 amide bonds. The molecule has 0 aliphatic rings. The number of benzene rings is 7. The van der Waals surface area contributed by atoms with Crippen LogP contribution in [0.2, 0.25) is 10.6 Å². The second-order valence-corrected chi connectivity index (χ2v) is 27.2. The van der Waals surface area contributed by atoms with Crippen molar-refractivity contribution in [1.29, 1.82) is 10.8 Å². The predicted molar refractivity (Wildman–Crippen MR) is 319 cm³/mol. The highest BCUT2D eigenvalue weighted by Crippen LogP contribution is 2.40. The third-order valence-corrected chi connectivity index (χ3v) is 17.3. The molecule has 38 nitrogen and oxygen atoms in total. The van der Waals surface area contributed by atoms with Gasteiger partial charge >= 0.3 is 0 Å². The van der Waals surface area contributed by atoms with E-state index in [1.807, 2.05) is 0 Å². The van der Waals surface area contributed by atoms with E-state index in [-0.39, 0.29) is 78.5 Å². The SMILES string of the molecule is N=C(O)Nc1cc(N=c2nc(Cl)[nH]c(=Nc3ccccc3N=c3[nH]c(Cl)nc(=Nc4ccc(N=Nc5cc6c(S(=O)(=O)O)cc(S(=O)(=O)O)cc6cc5S(=O)(=O)O)c(NC(=N)O)c4)[nH]3)[nH]2)ccc1N=Nc1cc2c(S(=O)(=O)O)cc(S(=O)(=O)O)cc2cc1S(=O)(=O)O. The first kappa shape index (κ1) is 66.5. The zero-order valence-corrected chi connectivity index (χ0v) is 51.0. The lowest BCUT2D eigenvalue weighted by Gasteiger charge is -2.11. The molecule has 0 unspecified atom stereocenters. The van der Waals surface area contributed by atoms with Gasteiger partial charge in [0.25, 0.3) is 72.8 Å². The van der Waals surface area contributed by atoms with E-state index in [2.05, 4.69) is 81.0 Å². The van der Waals surface area contributed by atoms with Crippen LogP contribution >= 0.6 is 23.2 Å². The average molecular weight is 1420 g/mol. The number of aliphatic hydroxyl groups excluding tert-OH is 2. The van der Waals surface area contributed by atoms with Gasteiger partial charge in [-0.2, -0.15) is 60.5 Å². The molecule has 16 N–H and O–H groups in total. The molecule has 0 fully saturated rings. The monoisotopic (exact) mass is 1420 g/mol. The summed E-state index contributed by atoms with van der Waals surface area (Å²) in [6.07, 6.45) is 0. The average Bonchev–Trinajstić information content (AvgIpc) is 0.761. The predicted octanol–water partition coefficient (Wildman–Crippen LogP) is 6.45. The number of halogens is 2. The minimum absolute atomic E-state index is 0.0000576. The Morgan fingerprint density at radius 2 is 0.750 bits per heavy atom. The number of nitrogens with zero attached hydrogens (tertiary/aromatic N) is 10. The third kappa shape index (κ3) is 16.0. The van der Waals surface area contributed by atoms with Crippen LogP contribution in [0, 0.1) is 10.8 Å². The van der Waals surface area contributed by atoms with Crippen molar-refractivity contribution in [2.45, 2.75) is 29.4 Å². The number of hydrogen-bond acceptors (Lipinski definition) is 24. The van der Waals surface area contributed by atoms with Gasteiger partial charge in [-0.25, -0.2) is 20.0 Å². The number of para-hydroxylation sites is 2. The molecule has 0 saturated carbocycles. The van der Waals surface area contributed by atoms with Gasteiger partial charge in [0.05, 0.1) is 43.9 Å². The van der Waals surface area contributed by atoms with Crippen molar-refractivity contribution >= 4 is 174 Å².